The highest BCUT2D eigenvalue weighted by Gasteiger charge is 2.40. The summed E-state index contributed by atoms with van der Waals surface area (Å²) < 4.78 is 10.5. The molecule has 1 saturated heterocycles. The van der Waals surface area contributed by atoms with Crippen LogP contribution in [0.1, 0.15) is 38.5 Å². The Morgan fingerprint density at radius 3 is 2.40 bits per heavy atom. The summed E-state index contributed by atoms with van der Waals surface area (Å²) in [6.45, 7) is 1.56. The van der Waals surface area contributed by atoms with Crippen molar-refractivity contribution in [2.75, 3.05) is 19.8 Å². The summed E-state index contributed by atoms with van der Waals surface area (Å²) in [6, 6.07) is -0.438. The summed E-state index contributed by atoms with van der Waals surface area (Å²) in [5.41, 5.74) is -1.11. The highest BCUT2D eigenvalue weighted by molar-refractivity contribution is 5.86. The number of urea groups is 1. The Kier molecular flexibility index (Phi) is 5.19. The zero-order valence-electron chi connectivity index (χ0n) is 11.5. The molecule has 20 heavy (non-hydrogen) atoms. The van der Waals surface area contributed by atoms with Gasteiger partial charge in [-0.3, -0.25) is 0 Å². The van der Waals surface area contributed by atoms with E-state index in [1.54, 1.807) is 0 Å². The first-order chi connectivity index (χ1) is 9.62. The first kappa shape index (κ1) is 15.1. The van der Waals surface area contributed by atoms with E-state index in [1.165, 1.54) is 0 Å². The van der Waals surface area contributed by atoms with Gasteiger partial charge in [0.15, 0.2) is 6.29 Å². The molecule has 0 atom stereocenters. The monoisotopic (exact) mass is 286 g/mol. The molecule has 1 heterocycles. The van der Waals surface area contributed by atoms with Crippen molar-refractivity contribution in [3.05, 3.63) is 0 Å². The topological polar surface area (TPSA) is 96.9 Å². The van der Waals surface area contributed by atoms with E-state index in [0.29, 0.717) is 39.0 Å². The highest BCUT2D eigenvalue weighted by Crippen LogP contribution is 2.28. The number of aliphatic carboxylic acids is 1. The fourth-order valence-corrected chi connectivity index (χ4v) is 2.69. The molecule has 1 aliphatic carbocycles. The molecule has 0 unspecified atom stereocenters. The van der Waals surface area contributed by atoms with Crippen LogP contribution in [0, 0.1) is 0 Å². The molecular formula is C13H22N2O5. The first-order valence-electron chi connectivity index (χ1n) is 7.15. The standard InChI is InChI=1S/C13H22N2O5/c16-11(17)13(5-2-1-3-6-13)15-12(18)14-7-4-10-19-8-9-20-10/h10H,1-9H2,(H,16,17)(H2,14,15,18). The molecule has 0 radical (unpaired) electrons. The Hall–Kier alpha value is -1.34. The van der Waals surface area contributed by atoms with E-state index in [4.69, 9.17) is 9.47 Å². The average Bonchev–Trinajstić information content (AvgIpc) is 2.93. The molecule has 1 aliphatic heterocycles. The SMILES string of the molecule is O=C(NCCC1OCCO1)NC1(C(=O)O)CCCCC1. The summed E-state index contributed by atoms with van der Waals surface area (Å²) in [4.78, 5) is 23.2. The van der Waals surface area contributed by atoms with E-state index in [9.17, 15) is 14.7 Å². The van der Waals surface area contributed by atoms with Gasteiger partial charge in [0.05, 0.1) is 13.2 Å². The average molecular weight is 286 g/mol. The number of ether oxygens (including phenoxy) is 2. The van der Waals surface area contributed by atoms with E-state index in [-0.39, 0.29) is 6.29 Å². The minimum absolute atomic E-state index is 0.265. The lowest BCUT2D eigenvalue weighted by Crippen LogP contribution is -2.58. The van der Waals surface area contributed by atoms with Gasteiger partial charge in [0.1, 0.15) is 5.54 Å². The maximum Gasteiger partial charge on any atom is 0.329 e. The van der Waals surface area contributed by atoms with Crippen molar-refractivity contribution < 1.29 is 24.2 Å². The van der Waals surface area contributed by atoms with Crippen molar-refractivity contribution in [2.24, 2.45) is 0 Å². The molecule has 7 nitrogen and oxygen atoms in total. The highest BCUT2D eigenvalue weighted by atomic mass is 16.7. The third-order valence-corrected chi connectivity index (χ3v) is 3.83. The molecule has 0 aromatic rings. The van der Waals surface area contributed by atoms with Gasteiger partial charge in [-0.15, -0.1) is 0 Å². The fraction of sp³-hybridized carbons (Fsp3) is 0.846. The van der Waals surface area contributed by atoms with Crippen molar-refractivity contribution in [1.82, 2.24) is 10.6 Å². The van der Waals surface area contributed by atoms with Gasteiger partial charge in [0.25, 0.3) is 0 Å². The van der Waals surface area contributed by atoms with Gasteiger partial charge in [-0.25, -0.2) is 9.59 Å². The lowest BCUT2D eigenvalue weighted by Gasteiger charge is -2.33. The minimum atomic E-state index is -1.11. The Balaban J connectivity index is 1.75. The second-order valence-corrected chi connectivity index (χ2v) is 5.29. The molecule has 1 saturated carbocycles. The molecule has 0 aromatic heterocycles. The summed E-state index contributed by atoms with van der Waals surface area (Å²) in [5, 5.41) is 14.6. The van der Waals surface area contributed by atoms with Crippen LogP contribution in [0.25, 0.3) is 0 Å². The van der Waals surface area contributed by atoms with Gasteiger partial charge in [-0.2, -0.15) is 0 Å². The number of carboxylic acid groups (broad SMARTS) is 1. The molecule has 0 spiro atoms. The minimum Gasteiger partial charge on any atom is -0.480 e. The van der Waals surface area contributed by atoms with Crippen LogP contribution < -0.4 is 10.6 Å². The summed E-state index contributed by atoms with van der Waals surface area (Å²) in [5.74, 6) is -0.949. The summed E-state index contributed by atoms with van der Waals surface area (Å²) in [6.07, 6.45) is 3.96. The van der Waals surface area contributed by atoms with Crippen molar-refractivity contribution in [1.29, 1.82) is 0 Å². The Morgan fingerprint density at radius 2 is 1.80 bits per heavy atom. The number of carbonyl (C=O) groups is 2. The van der Waals surface area contributed by atoms with E-state index in [0.717, 1.165) is 19.3 Å². The molecule has 114 valence electrons. The van der Waals surface area contributed by atoms with E-state index < -0.39 is 17.5 Å². The zero-order chi connectivity index (χ0) is 14.4. The van der Waals surface area contributed by atoms with Gasteiger partial charge in [0.2, 0.25) is 0 Å². The van der Waals surface area contributed by atoms with Crippen molar-refractivity contribution in [3.8, 4) is 0 Å². The largest absolute Gasteiger partial charge is 0.480 e. The van der Waals surface area contributed by atoms with E-state index in [2.05, 4.69) is 10.6 Å². The smallest absolute Gasteiger partial charge is 0.329 e. The number of amides is 2. The molecule has 2 amide bonds. The molecule has 3 N–H and O–H groups in total. The van der Waals surface area contributed by atoms with E-state index >= 15 is 0 Å². The lowest BCUT2D eigenvalue weighted by atomic mass is 9.82. The Bertz CT molecular complexity index is 349. The predicted octanol–water partition coefficient (Wildman–Crippen LogP) is 0.836. The van der Waals surface area contributed by atoms with Gasteiger partial charge in [-0.1, -0.05) is 19.3 Å². The second kappa shape index (κ2) is 6.90. The normalized spacial score (nSPS) is 22.4. The van der Waals surface area contributed by atoms with Crippen molar-refractivity contribution in [2.45, 2.75) is 50.4 Å². The number of carbonyl (C=O) groups excluding carboxylic acids is 1. The predicted molar refractivity (Wildman–Crippen MR) is 70.3 cm³/mol. The van der Waals surface area contributed by atoms with Gasteiger partial charge in [-0.05, 0) is 12.8 Å². The van der Waals surface area contributed by atoms with Crippen LogP contribution in [0.4, 0.5) is 4.79 Å². The molecule has 7 heteroatoms. The second-order valence-electron chi connectivity index (χ2n) is 5.29. The number of hydrogen-bond donors (Lipinski definition) is 3. The van der Waals surface area contributed by atoms with Crippen LogP contribution in [0.3, 0.4) is 0 Å². The quantitative estimate of drug-likeness (QED) is 0.695. The van der Waals surface area contributed by atoms with Crippen LogP contribution in [-0.2, 0) is 14.3 Å². The van der Waals surface area contributed by atoms with Gasteiger partial charge in [0, 0.05) is 13.0 Å². The maximum absolute atomic E-state index is 11.8. The number of carboxylic acids is 1. The summed E-state index contributed by atoms with van der Waals surface area (Å²) in [7, 11) is 0. The molecule has 2 aliphatic rings. The van der Waals surface area contributed by atoms with Crippen LogP contribution in [0.15, 0.2) is 0 Å². The third kappa shape index (κ3) is 3.83. The lowest BCUT2D eigenvalue weighted by molar-refractivity contribution is -0.145. The Morgan fingerprint density at radius 1 is 1.15 bits per heavy atom. The van der Waals surface area contributed by atoms with Crippen LogP contribution in [-0.4, -0.2) is 48.7 Å². The zero-order valence-corrected chi connectivity index (χ0v) is 11.5. The van der Waals surface area contributed by atoms with Crippen LogP contribution in [0.5, 0.6) is 0 Å². The maximum atomic E-state index is 11.8. The molecule has 2 fully saturated rings. The van der Waals surface area contributed by atoms with Crippen LogP contribution in [0.2, 0.25) is 0 Å². The van der Waals surface area contributed by atoms with Crippen molar-refractivity contribution in [3.63, 3.8) is 0 Å². The number of nitrogens with one attached hydrogen (secondary N) is 2. The molecule has 0 aromatic carbocycles. The van der Waals surface area contributed by atoms with Crippen molar-refractivity contribution >= 4 is 12.0 Å². The van der Waals surface area contributed by atoms with E-state index in [1.807, 2.05) is 0 Å². The third-order valence-electron chi connectivity index (χ3n) is 3.83. The molecule has 2 rings (SSSR count). The number of hydrogen-bond acceptors (Lipinski definition) is 4. The van der Waals surface area contributed by atoms with Gasteiger partial charge < -0.3 is 25.2 Å². The first-order valence-corrected chi connectivity index (χ1v) is 7.15. The fourth-order valence-electron chi connectivity index (χ4n) is 2.69. The van der Waals surface area contributed by atoms with Gasteiger partial charge >= 0.3 is 12.0 Å². The molecule has 0 bridgehead atoms. The number of rotatable bonds is 5. The molecular weight excluding hydrogens is 264 g/mol. The van der Waals surface area contributed by atoms with Crippen LogP contribution >= 0.6 is 0 Å². The summed E-state index contributed by atoms with van der Waals surface area (Å²) >= 11 is 0. The Labute approximate surface area is 118 Å².